The number of ether oxygens (including phenoxy) is 2. The molecule has 0 saturated carbocycles. The monoisotopic (exact) mass is 335 g/mol. The van der Waals surface area contributed by atoms with Gasteiger partial charge in [0.1, 0.15) is 24.1 Å². The Labute approximate surface area is 142 Å². The molecule has 2 heterocycles. The maximum absolute atomic E-state index is 9.46. The number of fused-ring (bicyclic) bond motifs is 2. The predicted molar refractivity (Wildman–Crippen MR) is 93.6 cm³/mol. The fourth-order valence-electron chi connectivity index (χ4n) is 2.45. The van der Waals surface area contributed by atoms with Crippen molar-refractivity contribution in [3.05, 3.63) is 47.5 Å². The van der Waals surface area contributed by atoms with Gasteiger partial charge in [-0.25, -0.2) is 4.98 Å². The molecule has 0 amide bonds. The van der Waals surface area contributed by atoms with Crippen LogP contribution in [0.15, 0.2) is 47.5 Å². The summed E-state index contributed by atoms with van der Waals surface area (Å²) in [7, 11) is 0. The summed E-state index contributed by atoms with van der Waals surface area (Å²) in [5, 5.41) is 10.2. The molecular formula is C18H13N3O2S. The van der Waals surface area contributed by atoms with E-state index in [0.717, 1.165) is 26.7 Å². The molecule has 1 atom stereocenters. The van der Waals surface area contributed by atoms with Gasteiger partial charge >= 0.3 is 0 Å². The fourth-order valence-corrected chi connectivity index (χ4v) is 3.42. The van der Waals surface area contributed by atoms with Gasteiger partial charge in [0.2, 0.25) is 0 Å². The lowest BCUT2D eigenvalue weighted by molar-refractivity contribution is 0.171. The second-order valence-electron chi connectivity index (χ2n) is 5.23. The molecule has 0 bridgehead atoms. The van der Waals surface area contributed by atoms with Gasteiger partial charge in [0.15, 0.2) is 11.5 Å². The number of nitrogens with zero attached hydrogens (tertiary/aromatic N) is 3. The van der Waals surface area contributed by atoms with Crippen molar-refractivity contribution in [1.29, 1.82) is 5.26 Å². The number of nitriles is 1. The molecular weight excluding hydrogens is 322 g/mol. The average molecular weight is 335 g/mol. The van der Waals surface area contributed by atoms with E-state index in [4.69, 9.17) is 9.47 Å². The minimum absolute atomic E-state index is 0.476. The first-order valence-corrected chi connectivity index (χ1v) is 8.34. The Morgan fingerprint density at radius 2 is 2.00 bits per heavy atom. The first-order chi connectivity index (χ1) is 11.8. The topological polar surface area (TPSA) is 67.5 Å². The molecule has 4 rings (SSSR count). The fraction of sp³-hybridized carbons (Fsp3) is 0.167. The zero-order valence-corrected chi connectivity index (χ0v) is 13.5. The maximum Gasteiger partial charge on any atom is 0.163 e. The summed E-state index contributed by atoms with van der Waals surface area (Å²) in [6, 6.07) is 15.6. The zero-order chi connectivity index (χ0) is 16.4. The van der Waals surface area contributed by atoms with Crippen LogP contribution in [-0.2, 0) is 0 Å². The van der Waals surface area contributed by atoms with Crippen molar-refractivity contribution in [2.24, 2.45) is 4.99 Å². The number of aliphatic imine (C=N–C) groups is 1. The minimum Gasteiger partial charge on any atom is -0.486 e. The highest BCUT2D eigenvalue weighted by Gasteiger charge is 2.14. The van der Waals surface area contributed by atoms with Crippen LogP contribution in [0.4, 0.5) is 5.69 Å². The van der Waals surface area contributed by atoms with Crippen molar-refractivity contribution in [2.45, 2.75) is 5.92 Å². The normalized spacial score (nSPS) is 14.6. The highest BCUT2D eigenvalue weighted by molar-refractivity contribution is 7.18. The van der Waals surface area contributed by atoms with Gasteiger partial charge in [-0.05, 0) is 24.3 Å². The largest absolute Gasteiger partial charge is 0.486 e. The molecule has 2 aromatic carbocycles. The molecule has 0 radical (unpaired) electrons. The smallest absolute Gasteiger partial charge is 0.163 e. The highest BCUT2D eigenvalue weighted by atomic mass is 32.1. The molecule has 24 heavy (non-hydrogen) atoms. The van der Waals surface area contributed by atoms with Crippen LogP contribution in [0, 0.1) is 11.3 Å². The lowest BCUT2D eigenvalue weighted by Crippen LogP contribution is -2.14. The van der Waals surface area contributed by atoms with Gasteiger partial charge in [0, 0.05) is 12.3 Å². The molecule has 0 N–H and O–H groups in total. The molecule has 0 fully saturated rings. The Kier molecular flexibility index (Phi) is 3.85. The average Bonchev–Trinajstić information content (AvgIpc) is 3.06. The number of benzene rings is 2. The molecule has 1 aliphatic heterocycles. The van der Waals surface area contributed by atoms with E-state index in [1.807, 2.05) is 42.5 Å². The Balaban J connectivity index is 1.60. The summed E-state index contributed by atoms with van der Waals surface area (Å²) in [4.78, 5) is 8.94. The quantitative estimate of drug-likeness (QED) is 0.676. The van der Waals surface area contributed by atoms with Crippen LogP contribution < -0.4 is 9.47 Å². The van der Waals surface area contributed by atoms with Gasteiger partial charge in [-0.3, -0.25) is 4.99 Å². The number of hydrogen-bond acceptors (Lipinski definition) is 6. The van der Waals surface area contributed by atoms with Gasteiger partial charge in [-0.15, -0.1) is 11.3 Å². The van der Waals surface area contributed by atoms with Gasteiger partial charge in [0.25, 0.3) is 0 Å². The molecule has 1 unspecified atom stereocenters. The van der Waals surface area contributed by atoms with Crippen molar-refractivity contribution < 1.29 is 9.47 Å². The Hall–Kier alpha value is -2.91. The number of hydrogen-bond donors (Lipinski definition) is 0. The first kappa shape index (κ1) is 14.7. The minimum atomic E-state index is -0.476. The van der Waals surface area contributed by atoms with Crippen molar-refractivity contribution in [2.75, 3.05) is 13.2 Å². The van der Waals surface area contributed by atoms with Crippen LogP contribution >= 0.6 is 11.3 Å². The summed E-state index contributed by atoms with van der Waals surface area (Å²) < 4.78 is 12.1. The zero-order valence-electron chi connectivity index (χ0n) is 12.7. The Morgan fingerprint density at radius 1 is 1.17 bits per heavy atom. The van der Waals surface area contributed by atoms with Crippen molar-refractivity contribution in [3.63, 3.8) is 0 Å². The van der Waals surface area contributed by atoms with Crippen molar-refractivity contribution in [1.82, 2.24) is 4.98 Å². The van der Waals surface area contributed by atoms with Crippen LogP contribution in [0.1, 0.15) is 10.9 Å². The second kappa shape index (κ2) is 6.30. The number of rotatable bonds is 3. The third kappa shape index (κ3) is 2.82. The van der Waals surface area contributed by atoms with Crippen molar-refractivity contribution >= 4 is 33.5 Å². The van der Waals surface area contributed by atoms with E-state index in [9.17, 15) is 5.26 Å². The Morgan fingerprint density at radius 3 is 2.83 bits per heavy atom. The van der Waals surface area contributed by atoms with Crippen LogP contribution in [0.2, 0.25) is 0 Å². The first-order valence-electron chi connectivity index (χ1n) is 7.52. The maximum atomic E-state index is 9.46. The van der Waals surface area contributed by atoms with E-state index in [1.54, 1.807) is 6.21 Å². The summed E-state index contributed by atoms with van der Waals surface area (Å²) in [6.07, 6.45) is 1.63. The van der Waals surface area contributed by atoms with E-state index in [-0.39, 0.29) is 0 Å². The van der Waals surface area contributed by atoms with E-state index >= 15 is 0 Å². The van der Waals surface area contributed by atoms with Crippen molar-refractivity contribution in [3.8, 4) is 17.6 Å². The predicted octanol–water partition coefficient (Wildman–Crippen LogP) is 4.08. The van der Waals surface area contributed by atoms with E-state index in [0.29, 0.717) is 19.0 Å². The molecule has 118 valence electrons. The molecule has 6 heteroatoms. The summed E-state index contributed by atoms with van der Waals surface area (Å²) in [6.45, 7) is 1.09. The molecule has 1 aromatic heterocycles. The number of aromatic nitrogens is 1. The number of thiazole rings is 1. The summed E-state index contributed by atoms with van der Waals surface area (Å²) in [5.41, 5.74) is 1.63. The molecule has 3 aromatic rings. The van der Waals surface area contributed by atoms with Crippen LogP contribution in [0.5, 0.6) is 11.5 Å². The molecule has 0 saturated heterocycles. The van der Waals surface area contributed by atoms with E-state index in [2.05, 4.69) is 16.0 Å². The molecule has 5 nitrogen and oxygen atoms in total. The lowest BCUT2D eigenvalue weighted by Gasteiger charge is -2.18. The Bertz CT molecular complexity index is 925. The summed E-state index contributed by atoms with van der Waals surface area (Å²) in [5.74, 6) is 0.934. The molecule has 0 aliphatic carbocycles. The third-order valence-corrected chi connectivity index (χ3v) is 4.73. The van der Waals surface area contributed by atoms with Crippen LogP contribution in [0.25, 0.3) is 10.2 Å². The van der Waals surface area contributed by atoms with Crippen LogP contribution in [-0.4, -0.2) is 24.4 Å². The van der Waals surface area contributed by atoms with Gasteiger partial charge in [-0.1, -0.05) is 12.1 Å². The highest BCUT2D eigenvalue weighted by Crippen LogP contribution is 2.34. The molecule has 0 spiro atoms. The number of para-hydroxylation sites is 1. The van der Waals surface area contributed by atoms with Crippen LogP contribution in [0.3, 0.4) is 0 Å². The molecule has 1 aliphatic rings. The van der Waals surface area contributed by atoms with E-state index < -0.39 is 5.92 Å². The van der Waals surface area contributed by atoms with E-state index in [1.165, 1.54) is 11.3 Å². The lowest BCUT2D eigenvalue weighted by atomic mass is 10.2. The van der Waals surface area contributed by atoms with Gasteiger partial charge < -0.3 is 9.47 Å². The van der Waals surface area contributed by atoms with Gasteiger partial charge in [0.05, 0.1) is 22.0 Å². The third-order valence-electron chi connectivity index (χ3n) is 3.61. The SMILES string of the molecule is N#CC(C=Nc1ccc2c(c1)OCCO2)c1nc2ccccc2s1. The van der Waals surface area contributed by atoms with Gasteiger partial charge in [-0.2, -0.15) is 5.26 Å². The standard InChI is InChI=1S/C18H13N3O2S/c19-10-12(18-21-14-3-1-2-4-17(14)24-18)11-20-13-5-6-15-16(9-13)23-8-7-22-15/h1-6,9,11-12H,7-8H2. The summed E-state index contributed by atoms with van der Waals surface area (Å²) >= 11 is 1.52. The second-order valence-corrected chi connectivity index (χ2v) is 6.29.